The largest absolute Gasteiger partial charge is 0.492 e. The molecule has 2 unspecified atom stereocenters. The molecule has 1 aliphatic rings. The van der Waals surface area contributed by atoms with E-state index in [4.69, 9.17) is 4.74 Å². The monoisotopic (exact) mass is 322 g/mol. The van der Waals surface area contributed by atoms with Crippen molar-refractivity contribution in [3.63, 3.8) is 0 Å². The van der Waals surface area contributed by atoms with Gasteiger partial charge >= 0.3 is 0 Å². The van der Waals surface area contributed by atoms with Crippen molar-refractivity contribution in [2.24, 2.45) is 0 Å². The first-order chi connectivity index (χ1) is 7.08. The minimum absolute atomic E-state index is 0.182. The van der Waals surface area contributed by atoms with E-state index in [0.29, 0.717) is 5.82 Å². The summed E-state index contributed by atoms with van der Waals surface area (Å²) < 4.78 is 5.76. The van der Waals surface area contributed by atoms with Crippen LogP contribution in [0.2, 0.25) is 0 Å². The molecule has 5 nitrogen and oxygen atoms in total. The van der Waals surface area contributed by atoms with Crippen LogP contribution in [0.3, 0.4) is 0 Å². The maximum absolute atomic E-state index is 11.4. The standard InChI is InChI=1S/C9H11IN2O3/c1-4-2-3-5(15-4)7-11-8(13)6(10)9(14)12-7/h4-5H,2-3H2,1H3,(H2,11,12,13,14). The number of rotatable bonds is 1. The second kappa shape index (κ2) is 4.09. The molecule has 1 aromatic rings. The van der Waals surface area contributed by atoms with E-state index < -0.39 is 0 Å². The van der Waals surface area contributed by atoms with Gasteiger partial charge in [0.2, 0.25) is 5.88 Å². The lowest BCUT2D eigenvalue weighted by Crippen LogP contribution is -2.17. The van der Waals surface area contributed by atoms with E-state index in [1.807, 2.05) is 6.92 Å². The molecule has 15 heavy (non-hydrogen) atoms. The Morgan fingerprint density at radius 3 is 2.87 bits per heavy atom. The van der Waals surface area contributed by atoms with Gasteiger partial charge in [0, 0.05) is 0 Å². The molecular weight excluding hydrogens is 311 g/mol. The predicted molar refractivity (Wildman–Crippen MR) is 61.8 cm³/mol. The zero-order chi connectivity index (χ0) is 11.0. The van der Waals surface area contributed by atoms with Crippen LogP contribution in [0.4, 0.5) is 0 Å². The topological polar surface area (TPSA) is 75.2 Å². The summed E-state index contributed by atoms with van der Waals surface area (Å²) in [7, 11) is 0. The quantitative estimate of drug-likeness (QED) is 0.765. The van der Waals surface area contributed by atoms with E-state index in [0.717, 1.165) is 12.8 Å². The fourth-order valence-corrected chi connectivity index (χ4v) is 1.88. The van der Waals surface area contributed by atoms with Crippen molar-refractivity contribution in [1.29, 1.82) is 0 Å². The van der Waals surface area contributed by atoms with Gasteiger partial charge in [0.15, 0.2) is 0 Å². The van der Waals surface area contributed by atoms with Gasteiger partial charge in [-0.3, -0.25) is 4.79 Å². The van der Waals surface area contributed by atoms with E-state index in [1.165, 1.54) is 0 Å². The Bertz CT molecular complexity index is 432. The predicted octanol–water partition coefficient (Wildman–Crippen LogP) is 1.32. The van der Waals surface area contributed by atoms with E-state index in [-0.39, 0.29) is 27.2 Å². The van der Waals surface area contributed by atoms with Gasteiger partial charge in [0.05, 0.1) is 6.10 Å². The lowest BCUT2D eigenvalue weighted by Gasteiger charge is -2.10. The highest BCUT2D eigenvalue weighted by atomic mass is 127. The number of aromatic nitrogens is 2. The molecule has 2 heterocycles. The summed E-state index contributed by atoms with van der Waals surface area (Å²) in [6.07, 6.45) is 1.75. The second-order valence-corrected chi connectivity index (χ2v) is 4.68. The molecule has 82 valence electrons. The molecule has 1 fully saturated rings. The third-order valence-electron chi connectivity index (χ3n) is 2.40. The molecule has 0 spiro atoms. The van der Waals surface area contributed by atoms with E-state index in [1.54, 1.807) is 22.6 Å². The van der Waals surface area contributed by atoms with Crippen molar-refractivity contribution < 1.29 is 9.84 Å². The maximum atomic E-state index is 11.4. The van der Waals surface area contributed by atoms with Crippen LogP contribution in [-0.4, -0.2) is 21.2 Å². The molecule has 1 saturated heterocycles. The van der Waals surface area contributed by atoms with Gasteiger partial charge < -0.3 is 14.8 Å². The summed E-state index contributed by atoms with van der Waals surface area (Å²) in [6.45, 7) is 1.98. The minimum atomic E-state index is -0.318. The van der Waals surface area contributed by atoms with Crippen LogP contribution in [0.1, 0.15) is 31.7 Å². The van der Waals surface area contributed by atoms with Crippen LogP contribution in [0, 0.1) is 3.57 Å². The van der Waals surface area contributed by atoms with Gasteiger partial charge in [-0.1, -0.05) is 0 Å². The first kappa shape index (κ1) is 10.9. The Morgan fingerprint density at radius 1 is 1.60 bits per heavy atom. The molecule has 0 aliphatic carbocycles. The number of halogens is 1. The van der Waals surface area contributed by atoms with Gasteiger partial charge in [-0.2, -0.15) is 4.98 Å². The lowest BCUT2D eigenvalue weighted by molar-refractivity contribution is 0.0497. The number of nitrogens with one attached hydrogen (secondary N) is 1. The van der Waals surface area contributed by atoms with Crippen LogP contribution in [0.15, 0.2) is 4.79 Å². The summed E-state index contributed by atoms with van der Waals surface area (Å²) >= 11 is 1.76. The molecular formula is C9H11IN2O3. The number of hydrogen-bond acceptors (Lipinski definition) is 4. The SMILES string of the molecule is CC1CCC(c2nc(O)c(I)c(=O)[nH]2)O1. The summed E-state index contributed by atoms with van der Waals surface area (Å²) in [5.41, 5.74) is -0.318. The van der Waals surface area contributed by atoms with Crippen molar-refractivity contribution in [2.75, 3.05) is 0 Å². The fourth-order valence-electron chi connectivity index (χ4n) is 1.62. The molecule has 0 amide bonds. The summed E-state index contributed by atoms with van der Waals surface area (Å²) in [4.78, 5) is 17.9. The van der Waals surface area contributed by atoms with Crippen LogP contribution in [0.5, 0.6) is 5.88 Å². The number of ether oxygens (including phenoxy) is 1. The summed E-state index contributed by atoms with van der Waals surface area (Å²) in [5.74, 6) is 0.194. The molecule has 1 aliphatic heterocycles. The third kappa shape index (κ3) is 2.15. The van der Waals surface area contributed by atoms with Crippen molar-refractivity contribution in [2.45, 2.75) is 32.0 Å². The summed E-state index contributed by atoms with van der Waals surface area (Å²) in [6, 6.07) is 0. The Morgan fingerprint density at radius 2 is 2.33 bits per heavy atom. The van der Waals surface area contributed by atoms with E-state index >= 15 is 0 Å². The number of aromatic amines is 1. The highest BCUT2D eigenvalue weighted by molar-refractivity contribution is 14.1. The van der Waals surface area contributed by atoms with Crippen molar-refractivity contribution in [1.82, 2.24) is 9.97 Å². The fraction of sp³-hybridized carbons (Fsp3) is 0.556. The normalized spacial score (nSPS) is 25.7. The molecule has 2 N–H and O–H groups in total. The average Bonchev–Trinajstić information content (AvgIpc) is 2.60. The number of hydrogen-bond donors (Lipinski definition) is 2. The van der Waals surface area contributed by atoms with Crippen molar-refractivity contribution in [3.8, 4) is 5.88 Å². The van der Waals surface area contributed by atoms with E-state index in [2.05, 4.69) is 9.97 Å². The highest BCUT2D eigenvalue weighted by Gasteiger charge is 2.26. The molecule has 2 rings (SSSR count). The third-order valence-corrected chi connectivity index (χ3v) is 3.37. The molecule has 0 radical (unpaired) electrons. The Kier molecular flexibility index (Phi) is 2.96. The lowest BCUT2D eigenvalue weighted by atomic mass is 10.2. The first-order valence-electron chi connectivity index (χ1n) is 4.72. The number of aromatic hydroxyl groups is 1. The molecule has 0 bridgehead atoms. The number of H-pyrrole nitrogens is 1. The Labute approximate surface area is 100 Å². The van der Waals surface area contributed by atoms with Crippen LogP contribution in [-0.2, 0) is 4.74 Å². The molecule has 2 atom stereocenters. The van der Waals surface area contributed by atoms with Crippen molar-refractivity contribution in [3.05, 3.63) is 19.7 Å². The zero-order valence-electron chi connectivity index (χ0n) is 8.16. The molecule has 0 saturated carbocycles. The molecule has 0 aromatic carbocycles. The molecule has 1 aromatic heterocycles. The Hall–Kier alpha value is -0.630. The maximum Gasteiger partial charge on any atom is 0.268 e. The zero-order valence-corrected chi connectivity index (χ0v) is 10.3. The first-order valence-corrected chi connectivity index (χ1v) is 5.80. The smallest absolute Gasteiger partial charge is 0.268 e. The summed E-state index contributed by atoms with van der Waals surface area (Å²) in [5, 5.41) is 9.41. The van der Waals surface area contributed by atoms with Gasteiger partial charge in [0.25, 0.3) is 5.56 Å². The number of nitrogens with zero attached hydrogens (tertiary/aromatic N) is 1. The molecule has 6 heteroatoms. The van der Waals surface area contributed by atoms with Gasteiger partial charge in [0.1, 0.15) is 15.5 Å². The van der Waals surface area contributed by atoms with Crippen LogP contribution < -0.4 is 5.56 Å². The highest BCUT2D eigenvalue weighted by Crippen LogP contribution is 2.30. The van der Waals surface area contributed by atoms with Crippen molar-refractivity contribution >= 4 is 22.6 Å². The second-order valence-electron chi connectivity index (χ2n) is 3.60. The van der Waals surface area contributed by atoms with Gasteiger partial charge in [-0.25, -0.2) is 0 Å². The van der Waals surface area contributed by atoms with Gasteiger partial charge in [-0.05, 0) is 42.4 Å². The Balaban J connectivity index is 2.34. The van der Waals surface area contributed by atoms with Gasteiger partial charge in [-0.15, -0.1) is 0 Å². The van der Waals surface area contributed by atoms with Crippen LogP contribution in [0.25, 0.3) is 0 Å². The van der Waals surface area contributed by atoms with Crippen LogP contribution >= 0.6 is 22.6 Å². The minimum Gasteiger partial charge on any atom is -0.492 e. The van der Waals surface area contributed by atoms with E-state index in [9.17, 15) is 9.90 Å². The average molecular weight is 322 g/mol.